The number of piperidine rings is 1. The van der Waals surface area contributed by atoms with E-state index in [2.05, 4.69) is 16.8 Å². The third-order valence-corrected chi connectivity index (χ3v) is 4.73. The smallest absolute Gasteiger partial charge is 0.308 e. The average molecular weight is 298 g/mol. The van der Waals surface area contributed by atoms with Gasteiger partial charge in [0.15, 0.2) is 0 Å². The van der Waals surface area contributed by atoms with E-state index in [0.29, 0.717) is 6.61 Å². The van der Waals surface area contributed by atoms with E-state index < -0.39 is 5.97 Å². The number of thiazole rings is 1. The highest BCUT2D eigenvalue weighted by molar-refractivity contribution is 7.11. The summed E-state index contributed by atoms with van der Waals surface area (Å²) in [6.07, 6.45) is 2.50. The molecule has 1 N–H and O–H groups in total. The van der Waals surface area contributed by atoms with Crippen LogP contribution in [0, 0.1) is 5.92 Å². The summed E-state index contributed by atoms with van der Waals surface area (Å²) in [6.45, 7) is 5.72. The summed E-state index contributed by atoms with van der Waals surface area (Å²) in [6, 6.07) is 0. The number of carboxylic acid groups (broad SMARTS) is 1. The molecule has 2 rings (SSSR count). The SMILES string of the molecule is COCc1nc(CN2CCC(C)CC2)sc1CC(=O)O. The molecule has 0 aromatic carbocycles. The molecular weight excluding hydrogens is 276 g/mol. The van der Waals surface area contributed by atoms with Crippen LogP contribution < -0.4 is 0 Å². The summed E-state index contributed by atoms with van der Waals surface area (Å²) in [5.41, 5.74) is 0.778. The van der Waals surface area contributed by atoms with Gasteiger partial charge in [-0.3, -0.25) is 9.69 Å². The Kier molecular flexibility index (Phi) is 5.51. The Labute approximate surface area is 123 Å². The van der Waals surface area contributed by atoms with Gasteiger partial charge in [0.1, 0.15) is 5.01 Å². The first-order chi connectivity index (χ1) is 9.58. The molecule has 0 bridgehead atoms. The molecule has 0 spiro atoms. The van der Waals surface area contributed by atoms with Crippen LogP contribution in [0.4, 0.5) is 0 Å². The van der Waals surface area contributed by atoms with E-state index in [1.54, 1.807) is 7.11 Å². The summed E-state index contributed by atoms with van der Waals surface area (Å²) in [5, 5.41) is 9.95. The minimum absolute atomic E-state index is 0.0351. The van der Waals surface area contributed by atoms with E-state index in [9.17, 15) is 4.79 Å². The van der Waals surface area contributed by atoms with Crippen molar-refractivity contribution in [1.82, 2.24) is 9.88 Å². The second-order valence-electron chi connectivity index (χ2n) is 5.44. The summed E-state index contributed by atoms with van der Waals surface area (Å²) < 4.78 is 5.11. The van der Waals surface area contributed by atoms with Gasteiger partial charge in [0.05, 0.1) is 25.3 Å². The zero-order valence-electron chi connectivity index (χ0n) is 12.1. The molecule has 112 valence electrons. The van der Waals surface area contributed by atoms with E-state index in [4.69, 9.17) is 9.84 Å². The molecule has 0 unspecified atom stereocenters. The summed E-state index contributed by atoms with van der Waals surface area (Å²) in [5.74, 6) is -0.00137. The molecule has 0 saturated carbocycles. The Morgan fingerprint density at radius 1 is 1.50 bits per heavy atom. The Hall–Kier alpha value is -0.980. The monoisotopic (exact) mass is 298 g/mol. The van der Waals surface area contributed by atoms with Crippen molar-refractivity contribution >= 4 is 17.3 Å². The fourth-order valence-electron chi connectivity index (χ4n) is 2.44. The van der Waals surface area contributed by atoms with Gasteiger partial charge in [-0.15, -0.1) is 11.3 Å². The van der Waals surface area contributed by atoms with Gasteiger partial charge < -0.3 is 9.84 Å². The molecule has 0 aliphatic carbocycles. The normalized spacial score (nSPS) is 17.5. The lowest BCUT2D eigenvalue weighted by atomic mass is 9.99. The van der Waals surface area contributed by atoms with Crippen LogP contribution in [0.3, 0.4) is 0 Å². The third kappa shape index (κ3) is 4.26. The van der Waals surface area contributed by atoms with E-state index >= 15 is 0 Å². The van der Waals surface area contributed by atoms with Gasteiger partial charge in [-0.05, 0) is 31.8 Å². The van der Waals surface area contributed by atoms with Gasteiger partial charge in [0.25, 0.3) is 0 Å². The van der Waals surface area contributed by atoms with E-state index in [-0.39, 0.29) is 6.42 Å². The zero-order valence-corrected chi connectivity index (χ0v) is 12.9. The number of rotatable bonds is 6. The van der Waals surface area contributed by atoms with Crippen molar-refractivity contribution in [2.45, 2.75) is 39.3 Å². The van der Waals surface area contributed by atoms with Gasteiger partial charge >= 0.3 is 5.97 Å². The quantitative estimate of drug-likeness (QED) is 0.872. The zero-order chi connectivity index (χ0) is 14.5. The highest BCUT2D eigenvalue weighted by Gasteiger charge is 2.19. The molecule has 1 aromatic heterocycles. The van der Waals surface area contributed by atoms with Crippen LogP contribution in [0.15, 0.2) is 0 Å². The first-order valence-corrected chi connectivity index (χ1v) is 7.80. The molecule has 2 heterocycles. The van der Waals surface area contributed by atoms with Crippen LogP contribution >= 0.6 is 11.3 Å². The fraction of sp³-hybridized carbons (Fsp3) is 0.714. The lowest BCUT2D eigenvalue weighted by Gasteiger charge is -2.29. The summed E-state index contributed by atoms with van der Waals surface area (Å²) >= 11 is 1.51. The van der Waals surface area contributed by atoms with Crippen LogP contribution in [0.25, 0.3) is 0 Å². The predicted octanol–water partition coefficient (Wildman–Crippen LogP) is 2.15. The van der Waals surface area contributed by atoms with Crippen molar-refractivity contribution in [1.29, 1.82) is 0 Å². The molecule has 1 aromatic rings. The van der Waals surface area contributed by atoms with Crippen molar-refractivity contribution in [3.63, 3.8) is 0 Å². The number of methoxy groups -OCH3 is 1. The number of carbonyl (C=O) groups is 1. The number of aliphatic carboxylic acids is 1. The summed E-state index contributed by atoms with van der Waals surface area (Å²) in [7, 11) is 1.61. The molecule has 1 aliphatic rings. The number of nitrogens with zero attached hydrogens (tertiary/aromatic N) is 2. The van der Waals surface area contributed by atoms with Crippen LogP contribution in [0.5, 0.6) is 0 Å². The molecule has 0 atom stereocenters. The number of aromatic nitrogens is 1. The van der Waals surface area contributed by atoms with E-state index in [1.807, 2.05) is 0 Å². The third-order valence-electron chi connectivity index (χ3n) is 3.65. The highest BCUT2D eigenvalue weighted by atomic mass is 32.1. The van der Waals surface area contributed by atoms with Crippen molar-refractivity contribution < 1.29 is 14.6 Å². The maximum atomic E-state index is 10.9. The first kappa shape index (κ1) is 15.4. The van der Waals surface area contributed by atoms with E-state index in [1.165, 1.54) is 24.2 Å². The van der Waals surface area contributed by atoms with Gasteiger partial charge in [0, 0.05) is 12.0 Å². The number of hydrogen-bond donors (Lipinski definition) is 1. The topological polar surface area (TPSA) is 62.7 Å². The lowest BCUT2D eigenvalue weighted by molar-refractivity contribution is -0.136. The maximum Gasteiger partial charge on any atom is 0.308 e. The highest BCUT2D eigenvalue weighted by Crippen LogP contribution is 2.24. The van der Waals surface area contributed by atoms with Crippen molar-refractivity contribution in [3.05, 3.63) is 15.6 Å². The first-order valence-electron chi connectivity index (χ1n) is 6.99. The average Bonchev–Trinajstić information content (AvgIpc) is 2.74. The maximum absolute atomic E-state index is 10.9. The fourth-order valence-corrected chi connectivity index (χ4v) is 3.55. The minimum Gasteiger partial charge on any atom is -0.481 e. The largest absolute Gasteiger partial charge is 0.481 e. The molecule has 20 heavy (non-hydrogen) atoms. The molecule has 6 heteroatoms. The molecule has 0 radical (unpaired) electrons. The Morgan fingerprint density at radius 3 is 2.80 bits per heavy atom. The van der Waals surface area contributed by atoms with Crippen molar-refractivity contribution in [2.24, 2.45) is 5.92 Å². The molecule has 0 amide bonds. The van der Waals surface area contributed by atoms with Crippen molar-refractivity contribution in [3.8, 4) is 0 Å². The number of carboxylic acids is 1. The lowest BCUT2D eigenvalue weighted by Crippen LogP contribution is -2.32. The van der Waals surface area contributed by atoms with Gasteiger partial charge in [-0.1, -0.05) is 6.92 Å². The van der Waals surface area contributed by atoms with Crippen LogP contribution in [-0.4, -0.2) is 41.2 Å². The molecule has 1 fully saturated rings. The molecule has 1 aliphatic heterocycles. The van der Waals surface area contributed by atoms with Gasteiger partial charge in [-0.25, -0.2) is 4.98 Å². The Morgan fingerprint density at radius 2 is 2.20 bits per heavy atom. The Bertz CT molecular complexity index is 453. The summed E-state index contributed by atoms with van der Waals surface area (Å²) in [4.78, 5) is 18.7. The van der Waals surface area contributed by atoms with Gasteiger partial charge in [-0.2, -0.15) is 0 Å². The second kappa shape index (κ2) is 7.15. The number of hydrogen-bond acceptors (Lipinski definition) is 5. The standard InChI is InChI=1S/C14H22N2O3S/c1-10-3-5-16(6-4-10)8-13-15-11(9-19-2)12(20-13)7-14(17)18/h10H,3-9H2,1-2H3,(H,17,18). The number of ether oxygens (including phenoxy) is 1. The molecule has 1 saturated heterocycles. The van der Waals surface area contributed by atoms with Crippen LogP contribution in [0.2, 0.25) is 0 Å². The molecule has 5 nitrogen and oxygen atoms in total. The van der Waals surface area contributed by atoms with E-state index in [0.717, 1.165) is 41.1 Å². The number of likely N-dealkylation sites (tertiary alicyclic amines) is 1. The van der Waals surface area contributed by atoms with Crippen LogP contribution in [-0.2, 0) is 29.1 Å². The minimum atomic E-state index is -0.815. The molecular formula is C14H22N2O3S. The second-order valence-corrected chi connectivity index (χ2v) is 6.61. The predicted molar refractivity (Wildman–Crippen MR) is 77.8 cm³/mol. The Balaban J connectivity index is 2.02. The van der Waals surface area contributed by atoms with Crippen LogP contribution in [0.1, 0.15) is 35.3 Å². The van der Waals surface area contributed by atoms with Crippen molar-refractivity contribution in [2.75, 3.05) is 20.2 Å². The van der Waals surface area contributed by atoms with Gasteiger partial charge in [0.2, 0.25) is 0 Å².